The molecule has 72 valence electrons. The van der Waals surface area contributed by atoms with Crippen LogP contribution in [-0.4, -0.2) is 6.04 Å². The molecule has 0 aromatic heterocycles. The molecule has 0 aliphatic heterocycles. The van der Waals surface area contributed by atoms with E-state index in [1.54, 1.807) is 0 Å². The van der Waals surface area contributed by atoms with Crippen LogP contribution in [-0.2, 0) is 0 Å². The van der Waals surface area contributed by atoms with Crippen molar-refractivity contribution in [1.29, 1.82) is 0 Å². The van der Waals surface area contributed by atoms with Crippen molar-refractivity contribution in [1.82, 2.24) is 0 Å². The maximum atomic E-state index is 6.11. The van der Waals surface area contributed by atoms with Gasteiger partial charge in [0.25, 0.3) is 0 Å². The monoisotopic (exact) mass is 169 g/mol. The van der Waals surface area contributed by atoms with E-state index in [4.69, 9.17) is 5.73 Å². The zero-order valence-electron chi connectivity index (χ0n) is 8.55. The summed E-state index contributed by atoms with van der Waals surface area (Å²) >= 11 is 0. The van der Waals surface area contributed by atoms with Crippen LogP contribution in [0.4, 0.5) is 0 Å². The first-order chi connectivity index (χ1) is 5.75. The highest BCUT2D eigenvalue weighted by Gasteiger charge is 2.25. The van der Waals surface area contributed by atoms with E-state index in [0.29, 0.717) is 6.04 Å². The SMILES string of the molecule is CCCC(N)C(C)C1CCCC1. The van der Waals surface area contributed by atoms with E-state index >= 15 is 0 Å². The second-order valence-corrected chi connectivity index (χ2v) is 4.36. The van der Waals surface area contributed by atoms with Crippen LogP contribution in [0.2, 0.25) is 0 Å². The summed E-state index contributed by atoms with van der Waals surface area (Å²) in [6, 6.07) is 0.457. The van der Waals surface area contributed by atoms with Crippen LogP contribution in [0.3, 0.4) is 0 Å². The van der Waals surface area contributed by atoms with Gasteiger partial charge in [0, 0.05) is 6.04 Å². The third-order valence-corrected chi connectivity index (χ3v) is 3.44. The Hall–Kier alpha value is -0.0400. The third-order valence-electron chi connectivity index (χ3n) is 3.44. The number of hydrogen-bond donors (Lipinski definition) is 1. The Bertz CT molecular complexity index is 116. The Morgan fingerprint density at radius 2 is 1.92 bits per heavy atom. The van der Waals surface area contributed by atoms with E-state index in [1.807, 2.05) is 0 Å². The lowest BCUT2D eigenvalue weighted by molar-refractivity contribution is 0.297. The van der Waals surface area contributed by atoms with Crippen molar-refractivity contribution in [3.05, 3.63) is 0 Å². The molecule has 1 rings (SSSR count). The van der Waals surface area contributed by atoms with Crippen LogP contribution in [0.15, 0.2) is 0 Å². The average Bonchev–Trinajstić information content (AvgIpc) is 2.55. The normalized spacial score (nSPS) is 24.2. The molecule has 1 aliphatic rings. The topological polar surface area (TPSA) is 26.0 Å². The molecular formula is C11H23N. The summed E-state index contributed by atoms with van der Waals surface area (Å²) in [6.45, 7) is 4.57. The molecule has 0 heterocycles. The predicted octanol–water partition coefficient (Wildman–Crippen LogP) is 2.94. The quantitative estimate of drug-likeness (QED) is 0.688. The lowest BCUT2D eigenvalue weighted by Gasteiger charge is -2.25. The smallest absolute Gasteiger partial charge is 0.00670 e. The van der Waals surface area contributed by atoms with E-state index in [0.717, 1.165) is 11.8 Å². The minimum absolute atomic E-state index is 0.457. The van der Waals surface area contributed by atoms with Crippen molar-refractivity contribution in [3.63, 3.8) is 0 Å². The van der Waals surface area contributed by atoms with Crippen LogP contribution < -0.4 is 5.73 Å². The van der Waals surface area contributed by atoms with E-state index in [2.05, 4.69) is 13.8 Å². The van der Waals surface area contributed by atoms with Gasteiger partial charge < -0.3 is 5.73 Å². The van der Waals surface area contributed by atoms with Crippen LogP contribution in [0.25, 0.3) is 0 Å². The van der Waals surface area contributed by atoms with Crippen molar-refractivity contribution >= 4 is 0 Å². The van der Waals surface area contributed by atoms with Gasteiger partial charge in [0.05, 0.1) is 0 Å². The molecule has 2 atom stereocenters. The van der Waals surface area contributed by atoms with E-state index in [-0.39, 0.29) is 0 Å². The maximum Gasteiger partial charge on any atom is 0.00670 e. The molecular weight excluding hydrogens is 146 g/mol. The standard InChI is InChI=1S/C11H23N/c1-3-6-11(12)9(2)10-7-4-5-8-10/h9-11H,3-8,12H2,1-2H3. The van der Waals surface area contributed by atoms with Crippen LogP contribution in [0.1, 0.15) is 52.4 Å². The summed E-state index contributed by atoms with van der Waals surface area (Å²) < 4.78 is 0. The fourth-order valence-corrected chi connectivity index (χ4v) is 2.43. The van der Waals surface area contributed by atoms with Crippen molar-refractivity contribution in [3.8, 4) is 0 Å². The molecule has 0 radical (unpaired) electrons. The first-order valence-electron chi connectivity index (χ1n) is 5.51. The molecule has 0 amide bonds. The summed E-state index contributed by atoms with van der Waals surface area (Å²) in [5.74, 6) is 1.69. The molecule has 1 fully saturated rings. The van der Waals surface area contributed by atoms with Crippen LogP contribution >= 0.6 is 0 Å². The minimum Gasteiger partial charge on any atom is -0.327 e. The number of rotatable bonds is 4. The van der Waals surface area contributed by atoms with Crippen molar-refractivity contribution in [2.24, 2.45) is 17.6 Å². The molecule has 1 saturated carbocycles. The largest absolute Gasteiger partial charge is 0.327 e. The first kappa shape index (κ1) is 10.0. The van der Waals surface area contributed by atoms with Crippen molar-refractivity contribution < 1.29 is 0 Å². The summed E-state index contributed by atoms with van der Waals surface area (Å²) in [7, 11) is 0. The molecule has 12 heavy (non-hydrogen) atoms. The molecule has 0 aromatic carbocycles. The predicted molar refractivity (Wildman–Crippen MR) is 54.0 cm³/mol. The third kappa shape index (κ3) is 2.48. The van der Waals surface area contributed by atoms with Gasteiger partial charge in [-0.15, -0.1) is 0 Å². The van der Waals surface area contributed by atoms with E-state index in [1.165, 1.54) is 38.5 Å². The maximum absolute atomic E-state index is 6.11. The Kier molecular flexibility index (Phi) is 4.07. The molecule has 2 N–H and O–H groups in total. The second-order valence-electron chi connectivity index (χ2n) is 4.36. The van der Waals surface area contributed by atoms with Gasteiger partial charge in [-0.05, 0) is 18.3 Å². The molecule has 0 spiro atoms. The Morgan fingerprint density at radius 1 is 1.33 bits per heavy atom. The lowest BCUT2D eigenvalue weighted by Crippen LogP contribution is -2.32. The lowest BCUT2D eigenvalue weighted by atomic mass is 9.85. The molecule has 2 unspecified atom stereocenters. The van der Waals surface area contributed by atoms with Crippen molar-refractivity contribution in [2.75, 3.05) is 0 Å². The fraction of sp³-hybridized carbons (Fsp3) is 1.00. The Morgan fingerprint density at radius 3 is 2.42 bits per heavy atom. The highest BCUT2D eigenvalue weighted by Crippen LogP contribution is 2.33. The van der Waals surface area contributed by atoms with Crippen molar-refractivity contribution in [2.45, 2.75) is 58.4 Å². The molecule has 1 aliphatic carbocycles. The zero-order chi connectivity index (χ0) is 8.97. The van der Waals surface area contributed by atoms with Crippen LogP contribution in [0.5, 0.6) is 0 Å². The molecule has 0 saturated heterocycles. The van der Waals surface area contributed by atoms with E-state index in [9.17, 15) is 0 Å². The summed E-state index contributed by atoms with van der Waals surface area (Å²) in [6.07, 6.45) is 8.18. The van der Waals surface area contributed by atoms with Gasteiger partial charge in [-0.25, -0.2) is 0 Å². The highest BCUT2D eigenvalue weighted by atomic mass is 14.6. The fourth-order valence-electron chi connectivity index (χ4n) is 2.43. The molecule has 1 nitrogen and oxygen atoms in total. The minimum atomic E-state index is 0.457. The summed E-state index contributed by atoms with van der Waals surface area (Å²) in [4.78, 5) is 0. The molecule has 1 heteroatoms. The van der Waals surface area contributed by atoms with Gasteiger partial charge in [-0.1, -0.05) is 46.0 Å². The zero-order valence-corrected chi connectivity index (χ0v) is 8.55. The van der Waals surface area contributed by atoms with Crippen LogP contribution in [0, 0.1) is 11.8 Å². The second kappa shape index (κ2) is 4.86. The molecule has 0 aromatic rings. The van der Waals surface area contributed by atoms with E-state index < -0.39 is 0 Å². The first-order valence-corrected chi connectivity index (χ1v) is 5.51. The van der Waals surface area contributed by atoms with Gasteiger partial charge >= 0.3 is 0 Å². The Labute approximate surface area is 76.7 Å². The Balaban J connectivity index is 2.29. The summed E-state index contributed by atoms with van der Waals surface area (Å²) in [5.41, 5.74) is 6.11. The number of hydrogen-bond acceptors (Lipinski definition) is 1. The van der Waals surface area contributed by atoms with Gasteiger partial charge in [0.2, 0.25) is 0 Å². The number of nitrogens with two attached hydrogens (primary N) is 1. The molecule has 0 bridgehead atoms. The summed E-state index contributed by atoms with van der Waals surface area (Å²) in [5, 5.41) is 0. The van der Waals surface area contributed by atoms with Gasteiger partial charge in [0.15, 0.2) is 0 Å². The highest BCUT2D eigenvalue weighted by molar-refractivity contribution is 4.79. The van der Waals surface area contributed by atoms with Gasteiger partial charge in [-0.3, -0.25) is 0 Å². The van der Waals surface area contributed by atoms with Gasteiger partial charge in [-0.2, -0.15) is 0 Å². The van der Waals surface area contributed by atoms with Gasteiger partial charge in [0.1, 0.15) is 0 Å². The average molecular weight is 169 g/mol.